The summed E-state index contributed by atoms with van der Waals surface area (Å²) in [5, 5.41) is 0.447. The van der Waals surface area contributed by atoms with E-state index in [9.17, 15) is 9.18 Å². The van der Waals surface area contributed by atoms with Crippen LogP contribution in [0.5, 0.6) is 0 Å². The van der Waals surface area contributed by atoms with Crippen molar-refractivity contribution in [1.82, 2.24) is 14.9 Å². The van der Waals surface area contributed by atoms with E-state index in [0.717, 1.165) is 17.3 Å². The maximum absolute atomic E-state index is 13.6. The van der Waals surface area contributed by atoms with Crippen LogP contribution in [-0.2, 0) is 17.0 Å². The van der Waals surface area contributed by atoms with E-state index in [1.54, 1.807) is 17.3 Å². The number of hydrogen-bond donors (Lipinski definition) is 1. The van der Waals surface area contributed by atoms with Crippen molar-refractivity contribution in [1.29, 1.82) is 0 Å². The van der Waals surface area contributed by atoms with Crippen molar-refractivity contribution in [3.8, 4) is 0 Å². The molecule has 2 aliphatic heterocycles. The number of amides is 1. The van der Waals surface area contributed by atoms with E-state index in [0.29, 0.717) is 37.0 Å². The first kappa shape index (κ1) is 22.8. The average molecular weight is 452 g/mol. The van der Waals surface area contributed by atoms with Gasteiger partial charge in [0.05, 0.1) is 16.8 Å². The standard InChI is InChI=1S/C20H23ClFN5OS.CH4/c1-12-18-17(10-29-12)24-11-25-19(18)26-4-6-27(7-5-26)20(28)16(23)9-13-2-3-14(21)15(22)8-13;/h2-3,8,11-12,16H,4-7,9-10,23H2,1H3;1H4/t12-,16-;/m1./s1. The number of anilines is 1. The highest BCUT2D eigenvalue weighted by molar-refractivity contribution is 7.99. The Kier molecular flexibility index (Phi) is 7.21. The fraction of sp³-hybridized carbons (Fsp3) is 0.476. The lowest BCUT2D eigenvalue weighted by molar-refractivity contribution is -0.132. The summed E-state index contributed by atoms with van der Waals surface area (Å²) in [5.41, 5.74) is 9.12. The second-order valence-corrected chi connectivity index (χ2v) is 9.12. The van der Waals surface area contributed by atoms with E-state index in [-0.39, 0.29) is 24.8 Å². The Balaban J connectivity index is 0.00000256. The highest BCUT2D eigenvalue weighted by atomic mass is 35.5. The molecule has 9 heteroatoms. The number of nitrogens with two attached hydrogens (primary N) is 1. The van der Waals surface area contributed by atoms with E-state index >= 15 is 0 Å². The molecular weight excluding hydrogens is 425 g/mol. The van der Waals surface area contributed by atoms with Crippen molar-refractivity contribution < 1.29 is 9.18 Å². The van der Waals surface area contributed by atoms with Crippen LogP contribution in [0.1, 0.15) is 36.4 Å². The Bertz CT molecular complexity index is 922. The van der Waals surface area contributed by atoms with E-state index < -0.39 is 11.9 Å². The van der Waals surface area contributed by atoms with Gasteiger partial charge in [-0.1, -0.05) is 25.1 Å². The van der Waals surface area contributed by atoms with Crippen molar-refractivity contribution in [2.24, 2.45) is 5.73 Å². The van der Waals surface area contributed by atoms with Crippen molar-refractivity contribution in [3.63, 3.8) is 0 Å². The molecule has 3 heterocycles. The highest BCUT2D eigenvalue weighted by Crippen LogP contribution is 2.44. The fourth-order valence-corrected chi connectivity index (χ4v) is 5.04. The number of benzene rings is 1. The molecule has 6 nitrogen and oxygen atoms in total. The molecule has 0 unspecified atom stereocenters. The predicted octanol–water partition coefficient (Wildman–Crippen LogP) is 3.43. The number of carbonyl (C=O) groups is 1. The van der Waals surface area contributed by atoms with Crippen LogP contribution >= 0.6 is 23.4 Å². The number of rotatable bonds is 4. The van der Waals surface area contributed by atoms with Gasteiger partial charge in [-0.25, -0.2) is 14.4 Å². The van der Waals surface area contributed by atoms with Crippen LogP contribution in [0.3, 0.4) is 0 Å². The molecule has 0 aliphatic carbocycles. The van der Waals surface area contributed by atoms with Crippen molar-refractivity contribution in [2.45, 2.75) is 37.8 Å². The maximum atomic E-state index is 13.6. The molecule has 1 aromatic carbocycles. The molecule has 30 heavy (non-hydrogen) atoms. The third-order valence-corrected chi connectivity index (χ3v) is 6.95. The summed E-state index contributed by atoms with van der Waals surface area (Å²) in [6.45, 7) is 4.76. The Morgan fingerprint density at radius 1 is 1.33 bits per heavy atom. The van der Waals surface area contributed by atoms with E-state index in [1.807, 2.05) is 11.8 Å². The first-order chi connectivity index (χ1) is 13.9. The lowest BCUT2D eigenvalue weighted by Gasteiger charge is -2.37. The molecule has 0 saturated carbocycles. The Labute approximate surface area is 186 Å². The van der Waals surface area contributed by atoms with Gasteiger partial charge in [-0.15, -0.1) is 11.8 Å². The Morgan fingerprint density at radius 2 is 2.07 bits per heavy atom. The first-order valence-electron chi connectivity index (χ1n) is 9.62. The third kappa shape index (κ3) is 4.55. The lowest BCUT2D eigenvalue weighted by Crippen LogP contribution is -2.54. The summed E-state index contributed by atoms with van der Waals surface area (Å²) < 4.78 is 13.6. The van der Waals surface area contributed by atoms with Gasteiger partial charge < -0.3 is 15.5 Å². The minimum atomic E-state index is -0.707. The van der Waals surface area contributed by atoms with Crippen LogP contribution in [0.25, 0.3) is 0 Å². The molecule has 0 radical (unpaired) electrons. The van der Waals surface area contributed by atoms with Gasteiger partial charge in [0.15, 0.2) is 0 Å². The summed E-state index contributed by atoms with van der Waals surface area (Å²) in [6, 6.07) is 3.82. The normalized spacial score (nSPS) is 19.3. The topological polar surface area (TPSA) is 75.4 Å². The zero-order valence-corrected chi connectivity index (χ0v) is 17.7. The lowest BCUT2D eigenvalue weighted by atomic mass is 10.0. The minimum Gasteiger partial charge on any atom is -0.353 e. The SMILES string of the molecule is C.C[C@H]1SCc2ncnc(N3CCN(C(=O)[C@H](N)Cc4ccc(Cl)c(F)c4)CC3)c21. The summed E-state index contributed by atoms with van der Waals surface area (Å²) in [5.74, 6) is 1.30. The number of carbonyl (C=O) groups excluding carboxylic acids is 1. The summed E-state index contributed by atoms with van der Waals surface area (Å²) in [4.78, 5) is 25.7. The van der Waals surface area contributed by atoms with E-state index in [2.05, 4.69) is 21.8 Å². The number of fused-ring (bicyclic) bond motifs is 1. The summed E-state index contributed by atoms with van der Waals surface area (Å²) >= 11 is 7.58. The second kappa shape index (κ2) is 9.49. The van der Waals surface area contributed by atoms with Gasteiger partial charge in [0.25, 0.3) is 0 Å². The van der Waals surface area contributed by atoms with E-state index in [1.165, 1.54) is 17.7 Å². The predicted molar refractivity (Wildman–Crippen MR) is 120 cm³/mol. The fourth-order valence-electron chi connectivity index (χ4n) is 3.87. The van der Waals surface area contributed by atoms with Crippen LogP contribution in [0, 0.1) is 5.82 Å². The molecule has 0 spiro atoms. The number of aromatic nitrogens is 2. The van der Waals surface area contributed by atoms with Crippen molar-refractivity contribution in [3.05, 3.63) is 52.2 Å². The van der Waals surface area contributed by atoms with Gasteiger partial charge in [0, 0.05) is 42.7 Å². The zero-order valence-electron chi connectivity index (χ0n) is 16.1. The maximum Gasteiger partial charge on any atom is 0.239 e. The number of nitrogens with zero attached hydrogens (tertiary/aromatic N) is 4. The molecule has 2 aliphatic rings. The van der Waals surface area contributed by atoms with Gasteiger partial charge in [-0.2, -0.15) is 0 Å². The third-order valence-electron chi connectivity index (χ3n) is 5.47. The van der Waals surface area contributed by atoms with Crippen LogP contribution < -0.4 is 10.6 Å². The van der Waals surface area contributed by atoms with Crippen LogP contribution in [0.15, 0.2) is 24.5 Å². The van der Waals surface area contributed by atoms with Crippen LogP contribution in [-0.4, -0.2) is 53.0 Å². The summed E-state index contributed by atoms with van der Waals surface area (Å²) in [7, 11) is 0. The van der Waals surface area contributed by atoms with Crippen molar-refractivity contribution in [2.75, 3.05) is 31.1 Å². The Morgan fingerprint density at radius 3 is 2.77 bits per heavy atom. The van der Waals surface area contributed by atoms with Crippen LogP contribution in [0.2, 0.25) is 5.02 Å². The first-order valence-corrected chi connectivity index (χ1v) is 11.1. The van der Waals surface area contributed by atoms with Gasteiger partial charge in [-0.05, 0) is 31.0 Å². The highest BCUT2D eigenvalue weighted by Gasteiger charge is 2.30. The molecule has 1 aromatic heterocycles. The average Bonchev–Trinajstić information content (AvgIpc) is 3.11. The van der Waals surface area contributed by atoms with Gasteiger partial charge in [0.2, 0.25) is 5.91 Å². The molecule has 1 amide bonds. The summed E-state index contributed by atoms with van der Waals surface area (Å²) in [6.07, 6.45) is 1.91. The second-order valence-electron chi connectivity index (χ2n) is 7.38. The van der Waals surface area contributed by atoms with E-state index in [4.69, 9.17) is 17.3 Å². The molecule has 1 fully saturated rings. The molecule has 2 N–H and O–H groups in total. The molecule has 1 saturated heterocycles. The number of halogens is 2. The number of hydrogen-bond acceptors (Lipinski definition) is 6. The van der Waals surface area contributed by atoms with Gasteiger partial charge in [0.1, 0.15) is 18.0 Å². The number of thioether (sulfide) groups is 1. The number of piperazine rings is 1. The monoisotopic (exact) mass is 451 g/mol. The molecular formula is C21H27ClFN5OS. The van der Waals surface area contributed by atoms with Crippen LogP contribution in [0.4, 0.5) is 10.2 Å². The van der Waals surface area contributed by atoms with Gasteiger partial charge >= 0.3 is 0 Å². The molecule has 2 atom stereocenters. The molecule has 0 bridgehead atoms. The van der Waals surface area contributed by atoms with Gasteiger partial charge in [-0.3, -0.25) is 4.79 Å². The largest absolute Gasteiger partial charge is 0.353 e. The minimum absolute atomic E-state index is 0. The Hall–Kier alpha value is -1.90. The smallest absolute Gasteiger partial charge is 0.239 e. The van der Waals surface area contributed by atoms with Crippen molar-refractivity contribution >= 4 is 35.1 Å². The molecule has 162 valence electrons. The zero-order chi connectivity index (χ0) is 20.5. The quantitative estimate of drug-likeness (QED) is 0.767. The molecule has 4 rings (SSSR count). The molecule has 2 aromatic rings.